The smallest absolute Gasteiger partial charge is 0.157 e. The Morgan fingerprint density at radius 1 is 1.20 bits per heavy atom. The molecule has 1 aliphatic rings. The molecule has 1 unspecified atom stereocenters. The molecular weight excluding hydrogens is 256 g/mol. The number of aromatic nitrogens is 1. The largest absolute Gasteiger partial charge is 0.504 e. The van der Waals surface area contributed by atoms with Crippen LogP contribution in [0.5, 0.6) is 17.2 Å². The number of benzene rings is 1. The SMILES string of the molecule is Oc1cc2c(cc1O)C(COc1ccncc1)NCC2. The van der Waals surface area contributed by atoms with Crippen molar-refractivity contribution in [2.75, 3.05) is 13.2 Å². The van der Waals surface area contributed by atoms with Crippen molar-refractivity contribution in [3.8, 4) is 17.2 Å². The third kappa shape index (κ3) is 2.53. The van der Waals surface area contributed by atoms with Gasteiger partial charge in [0.15, 0.2) is 11.5 Å². The lowest BCUT2D eigenvalue weighted by Gasteiger charge is -2.27. The fraction of sp³-hybridized carbons (Fsp3) is 0.267. The molecule has 104 valence electrons. The second-order valence-electron chi connectivity index (χ2n) is 4.79. The predicted octanol–water partition coefficient (Wildman–Crippen LogP) is 1.76. The van der Waals surface area contributed by atoms with Crippen molar-refractivity contribution in [1.82, 2.24) is 10.3 Å². The minimum atomic E-state index is -0.0960. The number of pyridine rings is 1. The van der Waals surface area contributed by atoms with Crippen LogP contribution in [0.1, 0.15) is 17.2 Å². The Balaban J connectivity index is 1.78. The monoisotopic (exact) mass is 272 g/mol. The van der Waals surface area contributed by atoms with E-state index in [0.29, 0.717) is 6.61 Å². The van der Waals surface area contributed by atoms with Gasteiger partial charge < -0.3 is 20.3 Å². The van der Waals surface area contributed by atoms with Crippen molar-refractivity contribution in [2.45, 2.75) is 12.5 Å². The molecular formula is C15H16N2O3. The maximum atomic E-state index is 9.65. The number of aromatic hydroxyl groups is 2. The topological polar surface area (TPSA) is 74.6 Å². The normalized spacial score (nSPS) is 17.5. The summed E-state index contributed by atoms with van der Waals surface area (Å²) in [6.45, 7) is 1.28. The summed E-state index contributed by atoms with van der Waals surface area (Å²) >= 11 is 0. The molecule has 3 N–H and O–H groups in total. The number of nitrogens with one attached hydrogen (secondary N) is 1. The molecule has 3 rings (SSSR count). The van der Waals surface area contributed by atoms with Gasteiger partial charge in [-0.1, -0.05) is 0 Å². The lowest BCUT2D eigenvalue weighted by molar-refractivity contribution is 0.260. The summed E-state index contributed by atoms with van der Waals surface area (Å²) in [4.78, 5) is 3.94. The number of phenols is 2. The highest BCUT2D eigenvalue weighted by Crippen LogP contribution is 2.33. The van der Waals surface area contributed by atoms with E-state index in [1.807, 2.05) is 0 Å². The van der Waals surface area contributed by atoms with Gasteiger partial charge in [-0.15, -0.1) is 0 Å². The Kier molecular flexibility index (Phi) is 3.43. The molecule has 20 heavy (non-hydrogen) atoms. The van der Waals surface area contributed by atoms with Crippen LogP contribution in [-0.4, -0.2) is 28.3 Å². The first-order valence-corrected chi connectivity index (χ1v) is 6.55. The third-order valence-corrected chi connectivity index (χ3v) is 3.46. The molecule has 0 saturated heterocycles. The van der Waals surface area contributed by atoms with Crippen LogP contribution < -0.4 is 10.1 Å². The van der Waals surface area contributed by atoms with Crippen molar-refractivity contribution in [3.05, 3.63) is 47.8 Å². The van der Waals surface area contributed by atoms with Gasteiger partial charge in [0.1, 0.15) is 12.4 Å². The van der Waals surface area contributed by atoms with Gasteiger partial charge in [0.05, 0.1) is 6.04 Å². The van der Waals surface area contributed by atoms with Crippen LogP contribution in [0.2, 0.25) is 0 Å². The van der Waals surface area contributed by atoms with Crippen molar-refractivity contribution >= 4 is 0 Å². The maximum absolute atomic E-state index is 9.65. The summed E-state index contributed by atoms with van der Waals surface area (Å²) in [5, 5.41) is 22.6. The molecule has 2 aromatic rings. The number of hydrogen-bond donors (Lipinski definition) is 3. The summed E-state index contributed by atoms with van der Waals surface area (Å²) in [5.74, 6) is 0.595. The van der Waals surface area contributed by atoms with Gasteiger partial charge in [-0.05, 0) is 48.4 Å². The zero-order valence-corrected chi connectivity index (χ0v) is 10.9. The van der Waals surface area contributed by atoms with Gasteiger partial charge >= 0.3 is 0 Å². The van der Waals surface area contributed by atoms with Gasteiger partial charge in [0.2, 0.25) is 0 Å². The Labute approximate surface area is 116 Å². The summed E-state index contributed by atoms with van der Waals surface area (Å²) in [5.41, 5.74) is 2.02. The van der Waals surface area contributed by atoms with E-state index >= 15 is 0 Å². The number of nitrogens with zero attached hydrogens (tertiary/aromatic N) is 1. The standard InChI is InChI=1S/C15H16N2O3/c18-14-7-10-1-6-17-13(12(10)8-15(14)19)9-20-11-2-4-16-5-3-11/h2-5,7-8,13,17-19H,1,6,9H2. The molecule has 0 aliphatic carbocycles. The summed E-state index contributed by atoms with van der Waals surface area (Å²) in [7, 11) is 0. The Morgan fingerprint density at radius 3 is 2.75 bits per heavy atom. The average molecular weight is 272 g/mol. The molecule has 2 heterocycles. The zero-order chi connectivity index (χ0) is 13.9. The van der Waals surface area contributed by atoms with Crippen molar-refractivity contribution in [3.63, 3.8) is 0 Å². The summed E-state index contributed by atoms with van der Waals surface area (Å²) < 4.78 is 5.73. The van der Waals surface area contributed by atoms with Crippen LogP contribution in [0.3, 0.4) is 0 Å². The zero-order valence-electron chi connectivity index (χ0n) is 10.9. The Bertz CT molecular complexity index is 602. The second-order valence-corrected chi connectivity index (χ2v) is 4.79. The minimum Gasteiger partial charge on any atom is -0.504 e. The number of phenolic OH excluding ortho intramolecular Hbond substituents is 2. The van der Waals surface area contributed by atoms with Crippen LogP contribution in [0.15, 0.2) is 36.7 Å². The molecule has 5 heteroatoms. The highest BCUT2D eigenvalue weighted by Gasteiger charge is 2.22. The van der Waals surface area contributed by atoms with Crippen LogP contribution in [0.4, 0.5) is 0 Å². The first kappa shape index (κ1) is 12.7. The molecule has 0 spiro atoms. The molecule has 0 bridgehead atoms. The van der Waals surface area contributed by atoms with Crippen molar-refractivity contribution in [1.29, 1.82) is 0 Å². The van der Waals surface area contributed by atoms with Crippen molar-refractivity contribution in [2.24, 2.45) is 0 Å². The van der Waals surface area contributed by atoms with Crippen molar-refractivity contribution < 1.29 is 14.9 Å². The molecule has 5 nitrogen and oxygen atoms in total. The van der Waals surface area contributed by atoms with E-state index in [4.69, 9.17) is 4.74 Å². The molecule has 1 aromatic heterocycles. The molecule has 1 aliphatic heterocycles. The van der Waals surface area contributed by atoms with E-state index in [1.54, 1.807) is 36.7 Å². The summed E-state index contributed by atoms with van der Waals surface area (Å²) in [6.07, 6.45) is 4.19. The first-order chi connectivity index (χ1) is 9.74. The Morgan fingerprint density at radius 2 is 1.95 bits per heavy atom. The van der Waals surface area contributed by atoms with Gasteiger partial charge in [0, 0.05) is 12.4 Å². The average Bonchev–Trinajstić information content (AvgIpc) is 2.47. The fourth-order valence-electron chi connectivity index (χ4n) is 2.43. The van der Waals surface area contributed by atoms with E-state index in [9.17, 15) is 10.2 Å². The maximum Gasteiger partial charge on any atom is 0.157 e. The van der Waals surface area contributed by atoms with E-state index in [2.05, 4.69) is 10.3 Å². The molecule has 0 fully saturated rings. The predicted molar refractivity (Wildman–Crippen MR) is 74.0 cm³/mol. The van der Waals surface area contributed by atoms with Gasteiger partial charge in [-0.2, -0.15) is 0 Å². The van der Waals surface area contributed by atoms with Crippen LogP contribution in [0.25, 0.3) is 0 Å². The number of fused-ring (bicyclic) bond motifs is 1. The highest BCUT2D eigenvalue weighted by molar-refractivity contribution is 5.47. The van der Waals surface area contributed by atoms with E-state index in [0.717, 1.165) is 29.8 Å². The molecule has 0 saturated carbocycles. The number of ether oxygens (including phenoxy) is 1. The summed E-state index contributed by atoms with van der Waals surface area (Å²) in [6, 6.07) is 6.84. The van der Waals surface area contributed by atoms with Gasteiger partial charge in [-0.3, -0.25) is 4.98 Å². The van der Waals surface area contributed by atoms with E-state index < -0.39 is 0 Å². The minimum absolute atomic E-state index is 0.00147. The molecule has 1 aromatic carbocycles. The lowest BCUT2D eigenvalue weighted by Crippen LogP contribution is -2.33. The number of rotatable bonds is 3. The third-order valence-electron chi connectivity index (χ3n) is 3.46. The fourth-order valence-corrected chi connectivity index (χ4v) is 2.43. The van der Waals surface area contributed by atoms with E-state index in [1.165, 1.54) is 0 Å². The first-order valence-electron chi connectivity index (χ1n) is 6.55. The molecule has 0 radical (unpaired) electrons. The van der Waals surface area contributed by atoms with Crippen LogP contribution >= 0.6 is 0 Å². The van der Waals surface area contributed by atoms with Crippen LogP contribution in [0, 0.1) is 0 Å². The van der Waals surface area contributed by atoms with E-state index in [-0.39, 0.29) is 17.5 Å². The lowest BCUT2D eigenvalue weighted by atomic mass is 9.94. The second kappa shape index (κ2) is 5.38. The highest BCUT2D eigenvalue weighted by atomic mass is 16.5. The molecule has 0 amide bonds. The van der Waals surface area contributed by atoms with Gasteiger partial charge in [-0.25, -0.2) is 0 Å². The quantitative estimate of drug-likeness (QED) is 0.742. The Hall–Kier alpha value is -2.27. The molecule has 1 atom stereocenters. The van der Waals surface area contributed by atoms with Gasteiger partial charge in [0.25, 0.3) is 0 Å². The number of hydrogen-bond acceptors (Lipinski definition) is 5. The van der Waals surface area contributed by atoms with Crippen LogP contribution in [-0.2, 0) is 6.42 Å².